The number of aromatic nitrogens is 5. The van der Waals surface area contributed by atoms with Crippen LogP contribution in [0.4, 0.5) is 0 Å². The van der Waals surface area contributed by atoms with E-state index in [-0.39, 0.29) is 30.7 Å². The second-order valence-corrected chi connectivity index (χ2v) is 16.0. The summed E-state index contributed by atoms with van der Waals surface area (Å²) in [5.74, 6) is -0.596. The summed E-state index contributed by atoms with van der Waals surface area (Å²) in [6, 6.07) is 20.9. The molecule has 1 aliphatic carbocycles. The van der Waals surface area contributed by atoms with E-state index in [1.165, 1.54) is 16.7 Å². The topological polar surface area (TPSA) is 210 Å². The lowest BCUT2D eigenvalue weighted by atomic mass is 9.96. The van der Waals surface area contributed by atoms with Crippen LogP contribution in [0, 0.1) is 0 Å². The number of allylic oxidation sites excluding steroid dienone is 1. The van der Waals surface area contributed by atoms with Gasteiger partial charge in [0.05, 0.1) is 11.1 Å². The van der Waals surface area contributed by atoms with E-state index in [4.69, 9.17) is 28.1 Å². The van der Waals surface area contributed by atoms with Crippen molar-refractivity contribution in [3.05, 3.63) is 112 Å². The molecule has 0 spiro atoms. The number of tetrazole rings is 1. The van der Waals surface area contributed by atoms with E-state index in [2.05, 4.69) is 48.7 Å². The average molecular weight is 834 g/mol. The van der Waals surface area contributed by atoms with Gasteiger partial charge < -0.3 is 32.3 Å². The number of fused-ring (bicyclic) bond motifs is 3. The summed E-state index contributed by atoms with van der Waals surface area (Å²) < 4.78 is 0. The van der Waals surface area contributed by atoms with Crippen molar-refractivity contribution in [3.63, 3.8) is 0 Å². The van der Waals surface area contributed by atoms with Gasteiger partial charge >= 0.3 is 0 Å². The molecule has 2 aliphatic rings. The summed E-state index contributed by atoms with van der Waals surface area (Å²) in [6.07, 6.45) is 6.66. The number of carbonyl (C=O) groups is 3. The molecule has 0 bridgehead atoms. The number of hydrogen-bond acceptors (Lipinski definition) is 11. The van der Waals surface area contributed by atoms with Crippen molar-refractivity contribution in [3.8, 4) is 22.5 Å². The highest BCUT2D eigenvalue weighted by molar-refractivity contribution is 7.99. The summed E-state index contributed by atoms with van der Waals surface area (Å²) in [7, 11) is 1.63. The van der Waals surface area contributed by atoms with Crippen molar-refractivity contribution in [2.24, 2.45) is 11.5 Å². The summed E-state index contributed by atoms with van der Waals surface area (Å²) in [6.45, 7) is 1.12. The van der Waals surface area contributed by atoms with Gasteiger partial charge in [0, 0.05) is 43.2 Å². The van der Waals surface area contributed by atoms with Crippen LogP contribution < -0.4 is 27.4 Å². The minimum atomic E-state index is -0.922. The zero-order valence-electron chi connectivity index (χ0n) is 32.8. The van der Waals surface area contributed by atoms with Crippen molar-refractivity contribution >= 4 is 46.7 Å². The third-order valence-corrected chi connectivity index (χ3v) is 12.5. The van der Waals surface area contributed by atoms with Gasteiger partial charge in [0.2, 0.25) is 23.5 Å². The normalized spacial score (nSPS) is 18.9. The van der Waals surface area contributed by atoms with E-state index < -0.39 is 18.1 Å². The van der Waals surface area contributed by atoms with E-state index in [0.717, 1.165) is 50.9 Å². The van der Waals surface area contributed by atoms with Crippen LogP contribution in [0.15, 0.2) is 95.0 Å². The van der Waals surface area contributed by atoms with Crippen molar-refractivity contribution in [2.75, 3.05) is 20.1 Å². The number of pyridine rings is 1. The number of likely N-dealkylation sites (N-methyl/N-ethyl adjacent to an activating group) is 1. The van der Waals surface area contributed by atoms with Crippen LogP contribution in [0.3, 0.4) is 0 Å². The monoisotopic (exact) mass is 833 g/mol. The predicted octanol–water partition coefficient (Wildman–Crippen LogP) is 4.64. The van der Waals surface area contributed by atoms with E-state index >= 15 is 0 Å². The molecular formula is C43H48ClN11O3S. The number of nitrogens with two attached hydrogens (primary N) is 2. The van der Waals surface area contributed by atoms with E-state index in [1.54, 1.807) is 13.2 Å². The molecule has 3 amide bonds. The summed E-state index contributed by atoms with van der Waals surface area (Å²) in [4.78, 5) is 50.4. The molecule has 0 saturated heterocycles. The van der Waals surface area contributed by atoms with Gasteiger partial charge in [-0.15, -0.1) is 10.2 Å². The molecule has 0 unspecified atom stereocenters. The molecule has 3 heterocycles. The quantitative estimate of drug-likeness (QED) is 0.114. The molecule has 7 rings (SSSR count). The van der Waals surface area contributed by atoms with Crippen molar-refractivity contribution in [2.45, 2.75) is 79.7 Å². The molecule has 2 aromatic heterocycles. The fourth-order valence-electron chi connectivity index (χ4n) is 7.57. The maximum atomic E-state index is 14.8. The first-order valence-electron chi connectivity index (χ1n) is 19.8. The van der Waals surface area contributed by atoms with Gasteiger partial charge in [-0.1, -0.05) is 90.1 Å². The predicted molar refractivity (Wildman–Crippen MR) is 229 cm³/mol. The molecule has 0 saturated carbocycles. The number of rotatable bonds is 10. The van der Waals surface area contributed by atoms with Crippen LogP contribution in [0.5, 0.6) is 0 Å². The van der Waals surface area contributed by atoms with Crippen LogP contribution in [0.2, 0.25) is 5.02 Å². The number of aromatic amines is 1. The van der Waals surface area contributed by atoms with Crippen molar-refractivity contribution in [1.29, 1.82) is 0 Å². The van der Waals surface area contributed by atoms with Gasteiger partial charge in [-0.05, 0) is 101 Å². The Morgan fingerprint density at radius 1 is 0.847 bits per heavy atom. The van der Waals surface area contributed by atoms with E-state index in [0.29, 0.717) is 66.1 Å². The smallest absolute Gasteiger partial charge is 0.245 e. The van der Waals surface area contributed by atoms with Crippen LogP contribution in [-0.2, 0) is 33.9 Å². The Morgan fingerprint density at radius 3 is 2.36 bits per heavy atom. The highest BCUT2D eigenvalue weighted by atomic mass is 35.5. The SMILES string of the molecule is CN1C(=O)[C@H](CCCN)NC(=O)[C@H](CCCN)NCc2cccnc2Sc2c(Cl)ccc(-c3ccc(-c4nn[nH]n4)cc3)c2CNC(=O)[C@@H]1CC1=CCc2ccccc21. The van der Waals surface area contributed by atoms with Gasteiger partial charge in [-0.25, -0.2) is 4.98 Å². The minimum Gasteiger partial charge on any atom is -0.350 e. The van der Waals surface area contributed by atoms with Crippen LogP contribution in [-0.4, -0.2) is 86.5 Å². The second-order valence-electron chi connectivity index (χ2n) is 14.6. The molecule has 59 heavy (non-hydrogen) atoms. The molecule has 3 atom stereocenters. The van der Waals surface area contributed by atoms with Crippen LogP contribution in [0.25, 0.3) is 28.1 Å². The fraction of sp³-hybridized carbons (Fsp3) is 0.326. The third kappa shape index (κ3) is 9.72. The number of benzene rings is 3. The van der Waals surface area contributed by atoms with Gasteiger partial charge in [0.15, 0.2) is 0 Å². The summed E-state index contributed by atoms with van der Waals surface area (Å²) >= 11 is 8.46. The number of nitrogens with zero attached hydrogens (tertiary/aromatic N) is 5. The van der Waals surface area contributed by atoms with E-state index in [1.807, 2.05) is 66.7 Å². The van der Waals surface area contributed by atoms with Gasteiger partial charge in [0.1, 0.15) is 17.1 Å². The number of hydrogen-bond donors (Lipinski definition) is 6. The molecule has 5 aromatic rings. The molecule has 306 valence electrons. The molecule has 0 radical (unpaired) electrons. The second kappa shape index (κ2) is 19.5. The Morgan fingerprint density at radius 2 is 1.59 bits per heavy atom. The number of nitrogens with one attached hydrogen (secondary N) is 4. The molecule has 8 N–H and O–H groups in total. The Kier molecular flexibility index (Phi) is 13.8. The molecule has 3 aromatic carbocycles. The maximum absolute atomic E-state index is 14.8. The van der Waals surface area contributed by atoms with Crippen LogP contribution >= 0.6 is 23.4 Å². The first-order valence-corrected chi connectivity index (χ1v) is 21.0. The number of H-pyrrole nitrogens is 1. The first-order chi connectivity index (χ1) is 28.7. The Balaban J connectivity index is 1.32. The van der Waals surface area contributed by atoms with Gasteiger partial charge in [-0.2, -0.15) is 5.21 Å². The molecule has 16 heteroatoms. The molecule has 14 nitrogen and oxygen atoms in total. The first kappa shape index (κ1) is 41.7. The highest BCUT2D eigenvalue weighted by Gasteiger charge is 2.35. The third-order valence-electron chi connectivity index (χ3n) is 10.8. The average Bonchev–Trinajstić information content (AvgIpc) is 3.95. The highest BCUT2D eigenvalue weighted by Crippen LogP contribution is 2.41. The lowest BCUT2D eigenvalue weighted by Crippen LogP contribution is -2.56. The van der Waals surface area contributed by atoms with Crippen LogP contribution in [0.1, 0.15) is 54.4 Å². The van der Waals surface area contributed by atoms with Crippen molar-refractivity contribution in [1.82, 2.24) is 46.5 Å². The lowest BCUT2D eigenvalue weighted by molar-refractivity contribution is -0.142. The fourth-order valence-corrected chi connectivity index (χ4v) is 8.91. The Hall–Kier alpha value is -5.45. The van der Waals surface area contributed by atoms with Crippen molar-refractivity contribution < 1.29 is 14.4 Å². The molecule has 1 aliphatic heterocycles. The van der Waals surface area contributed by atoms with Gasteiger partial charge in [0.25, 0.3) is 0 Å². The molecular weight excluding hydrogens is 786 g/mol. The summed E-state index contributed by atoms with van der Waals surface area (Å²) in [5, 5.41) is 25.2. The Labute approximate surface area is 352 Å². The summed E-state index contributed by atoms with van der Waals surface area (Å²) in [5.41, 5.74) is 19.2. The Bertz CT molecular complexity index is 2300. The maximum Gasteiger partial charge on any atom is 0.245 e. The molecule has 0 fully saturated rings. The lowest BCUT2D eigenvalue weighted by Gasteiger charge is -2.32. The number of halogens is 1. The standard InChI is InChI=1S/C43H48ClN11O3S/c1-55-37(23-29-17-14-26-7-2-3-9-31(26)29)41(57)49-25-33-32(27-12-15-28(16-13-27)39-51-53-54-52-39)18-19-34(44)38(33)59-42-30(8-6-22-47-42)24-48-35(10-4-20-45)40(56)50-36(43(55)58)11-5-21-46/h2-3,6-9,12-13,15-19,22,35-37,48H,4-5,10-11,14,20-21,23-25,45-46H2,1H3,(H,49,57)(H,50,56)(H,51,52,53,54)/t35-,36-,37-/m0/s1. The van der Waals surface area contributed by atoms with E-state index in [9.17, 15) is 14.4 Å². The number of carbonyl (C=O) groups excluding carboxylic acids is 3. The largest absolute Gasteiger partial charge is 0.350 e. The minimum absolute atomic E-state index is 0.0900. The zero-order valence-corrected chi connectivity index (χ0v) is 34.4. The van der Waals surface area contributed by atoms with Gasteiger partial charge in [-0.3, -0.25) is 14.4 Å². The number of amides is 3. The zero-order chi connectivity index (χ0) is 41.3.